The van der Waals surface area contributed by atoms with Gasteiger partial charge in [-0.1, -0.05) is 48.5 Å². The molecular formula is C22H18N4O. The Hall–Kier alpha value is -3.73. The van der Waals surface area contributed by atoms with Gasteiger partial charge in [0.05, 0.1) is 16.6 Å². The van der Waals surface area contributed by atoms with E-state index in [1.54, 1.807) is 18.5 Å². The SMILES string of the molecule is O=C(NCc1ccccc1)/C(=C/c1cccnc1)c1nc2ccccc2[nH]1. The normalized spacial score (nSPS) is 11.5. The van der Waals surface area contributed by atoms with E-state index in [0.29, 0.717) is 17.9 Å². The lowest BCUT2D eigenvalue weighted by Crippen LogP contribution is -2.24. The van der Waals surface area contributed by atoms with E-state index in [9.17, 15) is 4.79 Å². The van der Waals surface area contributed by atoms with Crippen LogP contribution < -0.4 is 5.32 Å². The van der Waals surface area contributed by atoms with Crippen molar-refractivity contribution in [3.8, 4) is 0 Å². The standard InChI is InChI=1S/C22H18N4O/c27-22(24-15-16-7-2-1-3-8-16)18(13-17-9-6-12-23-14-17)21-25-19-10-4-5-11-20(19)26-21/h1-14H,15H2,(H,24,27)(H,25,26)/b18-13+. The molecule has 0 atom stereocenters. The van der Waals surface area contributed by atoms with E-state index >= 15 is 0 Å². The van der Waals surface area contributed by atoms with Crippen molar-refractivity contribution < 1.29 is 4.79 Å². The highest BCUT2D eigenvalue weighted by atomic mass is 16.1. The first-order chi connectivity index (χ1) is 13.3. The fraction of sp³-hybridized carbons (Fsp3) is 0.0455. The zero-order valence-corrected chi connectivity index (χ0v) is 14.6. The third-order valence-corrected chi connectivity index (χ3v) is 4.18. The number of hydrogen-bond donors (Lipinski definition) is 2. The van der Waals surface area contributed by atoms with Crippen LogP contribution in [-0.4, -0.2) is 20.9 Å². The summed E-state index contributed by atoms with van der Waals surface area (Å²) in [7, 11) is 0. The number of carbonyl (C=O) groups excluding carboxylic acids is 1. The van der Waals surface area contributed by atoms with Crippen molar-refractivity contribution >= 4 is 28.6 Å². The lowest BCUT2D eigenvalue weighted by molar-refractivity contribution is -0.115. The molecule has 0 aliphatic carbocycles. The third-order valence-electron chi connectivity index (χ3n) is 4.18. The Kier molecular flexibility index (Phi) is 4.74. The fourth-order valence-corrected chi connectivity index (χ4v) is 2.82. The number of nitrogens with one attached hydrogen (secondary N) is 2. The van der Waals surface area contributed by atoms with Gasteiger partial charge >= 0.3 is 0 Å². The van der Waals surface area contributed by atoms with Crippen molar-refractivity contribution in [2.45, 2.75) is 6.54 Å². The molecule has 5 heteroatoms. The maximum Gasteiger partial charge on any atom is 0.255 e. The summed E-state index contributed by atoms with van der Waals surface area (Å²) >= 11 is 0. The number of aromatic nitrogens is 3. The monoisotopic (exact) mass is 354 g/mol. The number of para-hydroxylation sites is 2. The Labute approximate surface area is 156 Å². The second-order valence-corrected chi connectivity index (χ2v) is 6.12. The predicted octanol–water partition coefficient (Wildman–Crippen LogP) is 3.81. The second-order valence-electron chi connectivity index (χ2n) is 6.12. The second kappa shape index (κ2) is 7.66. The predicted molar refractivity (Wildman–Crippen MR) is 106 cm³/mol. The Morgan fingerprint density at radius 1 is 1.00 bits per heavy atom. The summed E-state index contributed by atoms with van der Waals surface area (Å²) in [6, 6.07) is 21.3. The molecular weight excluding hydrogens is 336 g/mol. The molecule has 4 aromatic rings. The molecule has 0 spiro atoms. The van der Waals surface area contributed by atoms with Crippen LogP contribution in [0.15, 0.2) is 79.1 Å². The summed E-state index contributed by atoms with van der Waals surface area (Å²) in [5.41, 5.74) is 4.05. The molecule has 0 saturated carbocycles. The Balaban J connectivity index is 1.67. The largest absolute Gasteiger partial charge is 0.348 e. The minimum absolute atomic E-state index is 0.193. The van der Waals surface area contributed by atoms with Gasteiger partial charge in [-0.3, -0.25) is 9.78 Å². The van der Waals surface area contributed by atoms with Crippen molar-refractivity contribution in [2.75, 3.05) is 0 Å². The van der Waals surface area contributed by atoms with Crippen LogP contribution in [0.4, 0.5) is 0 Å². The van der Waals surface area contributed by atoms with E-state index in [2.05, 4.69) is 20.3 Å². The lowest BCUT2D eigenvalue weighted by Gasteiger charge is -2.08. The van der Waals surface area contributed by atoms with Crippen LogP contribution in [0.5, 0.6) is 0 Å². The zero-order valence-electron chi connectivity index (χ0n) is 14.6. The van der Waals surface area contributed by atoms with Gasteiger partial charge in [-0.05, 0) is 35.4 Å². The van der Waals surface area contributed by atoms with Crippen LogP contribution in [0.1, 0.15) is 17.0 Å². The molecule has 27 heavy (non-hydrogen) atoms. The number of imidazole rings is 1. The molecule has 2 N–H and O–H groups in total. The molecule has 2 heterocycles. The Morgan fingerprint density at radius 2 is 1.81 bits per heavy atom. The van der Waals surface area contributed by atoms with Gasteiger partial charge in [0.25, 0.3) is 5.91 Å². The molecule has 0 radical (unpaired) electrons. The first-order valence-corrected chi connectivity index (χ1v) is 8.68. The Bertz CT molecular complexity index is 1050. The van der Waals surface area contributed by atoms with E-state index in [1.807, 2.05) is 66.7 Å². The number of benzene rings is 2. The first kappa shape index (κ1) is 16.7. The van der Waals surface area contributed by atoms with Crippen LogP contribution in [0, 0.1) is 0 Å². The van der Waals surface area contributed by atoms with Crippen molar-refractivity contribution in [2.24, 2.45) is 0 Å². The van der Waals surface area contributed by atoms with Gasteiger partial charge in [-0.15, -0.1) is 0 Å². The van der Waals surface area contributed by atoms with Gasteiger partial charge in [0.1, 0.15) is 5.82 Å². The third kappa shape index (κ3) is 3.93. The molecule has 5 nitrogen and oxygen atoms in total. The highest BCUT2D eigenvalue weighted by molar-refractivity contribution is 6.23. The highest BCUT2D eigenvalue weighted by Gasteiger charge is 2.16. The average molecular weight is 354 g/mol. The van der Waals surface area contributed by atoms with E-state index in [4.69, 9.17) is 0 Å². The smallest absolute Gasteiger partial charge is 0.255 e. The topological polar surface area (TPSA) is 70.7 Å². The highest BCUT2D eigenvalue weighted by Crippen LogP contribution is 2.20. The summed E-state index contributed by atoms with van der Waals surface area (Å²) in [5.74, 6) is 0.340. The molecule has 4 rings (SSSR count). The van der Waals surface area contributed by atoms with Crippen LogP contribution in [0.2, 0.25) is 0 Å². The molecule has 0 saturated heterocycles. The maximum atomic E-state index is 12.9. The van der Waals surface area contributed by atoms with E-state index < -0.39 is 0 Å². The number of nitrogens with zero attached hydrogens (tertiary/aromatic N) is 2. The molecule has 2 aromatic heterocycles. The number of H-pyrrole nitrogens is 1. The number of aromatic amines is 1. The molecule has 0 unspecified atom stereocenters. The zero-order chi connectivity index (χ0) is 18.5. The minimum atomic E-state index is -0.193. The molecule has 0 aliphatic rings. The van der Waals surface area contributed by atoms with Gasteiger partial charge in [-0.2, -0.15) is 0 Å². The van der Waals surface area contributed by atoms with Gasteiger partial charge in [0.2, 0.25) is 0 Å². The molecule has 2 aromatic carbocycles. The fourth-order valence-electron chi connectivity index (χ4n) is 2.82. The van der Waals surface area contributed by atoms with Crippen molar-refractivity contribution in [1.29, 1.82) is 0 Å². The van der Waals surface area contributed by atoms with Crippen LogP contribution in [0.25, 0.3) is 22.7 Å². The first-order valence-electron chi connectivity index (χ1n) is 8.68. The Morgan fingerprint density at radius 3 is 2.59 bits per heavy atom. The number of rotatable bonds is 5. The summed E-state index contributed by atoms with van der Waals surface area (Å²) in [4.78, 5) is 24.9. The van der Waals surface area contributed by atoms with Crippen LogP contribution >= 0.6 is 0 Å². The van der Waals surface area contributed by atoms with Crippen molar-refractivity contribution in [3.05, 3.63) is 96.1 Å². The molecule has 0 bridgehead atoms. The van der Waals surface area contributed by atoms with Crippen LogP contribution in [-0.2, 0) is 11.3 Å². The summed E-state index contributed by atoms with van der Waals surface area (Å²) in [6.07, 6.45) is 5.21. The molecule has 132 valence electrons. The lowest BCUT2D eigenvalue weighted by atomic mass is 10.1. The van der Waals surface area contributed by atoms with Gasteiger partial charge in [-0.25, -0.2) is 4.98 Å². The summed E-state index contributed by atoms with van der Waals surface area (Å²) in [6.45, 7) is 0.449. The van der Waals surface area contributed by atoms with Gasteiger partial charge in [0.15, 0.2) is 0 Å². The van der Waals surface area contributed by atoms with E-state index in [-0.39, 0.29) is 5.91 Å². The number of pyridine rings is 1. The minimum Gasteiger partial charge on any atom is -0.348 e. The quantitative estimate of drug-likeness (QED) is 0.535. The van der Waals surface area contributed by atoms with Crippen molar-refractivity contribution in [3.63, 3.8) is 0 Å². The average Bonchev–Trinajstić information content (AvgIpc) is 3.15. The molecule has 1 amide bonds. The summed E-state index contributed by atoms with van der Waals surface area (Å²) < 4.78 is 0. The van der Waals surface area contributed by atoms with E-state index in [0.717, 1.165) is 22.2 Å². The van der Waals surface area contributed by atoms with Crippen molar-refractivity contribution in [1.82, 2.24) is 20.3 Å². The number of carbonyl (C=O) groups is 1. The van der Waals surface area contributed by atoms with E-state index in [1.165, 1.54) is 0 Å². The number of fused-ring (bicyclic) bond motifs is 1. The molecule has 0 aliphatic heterocycles. The number of hydrogen-bond acceptors (Lipinski definition) is 3. The summed E-state index contributed by atoms with van der Waals surface area (Å²) in [5, 5.41) is 2.97. The van der Waals surface area contributed by atoms with Crippen LogP contribution in [0.3, 0.4) is 0 Å². The van der Waals surface area contributed by atoms with Gasteiger partial charge in [0, 0.05) is 18.9 Å². The van der Waals surface area contributed by atoms with Gasteiger partial charge < -0.3 is 10.3 Å². The molecule has 0 fully saturated rings. The maximum absolute atomic E-state index is 12.9. The number of amides is 1.